The highest BCUT2D eigenvalue weighted by atomic mass is 127. The first kappa shape index (κ1) is 15.7. The van der Waals surface area contributed by atoms with Crippen molar-refractivity contribution >= 4 is 78.3 Å². The highest BCUT2D eigenvalue weighted by Gasteiger charge is 1.46. The van der Waals surface area contributed by atoms with Crippen LogP contribution < -0.4 is 0 Å². The first-order valence-electron chi connectivity index (χ1n) is 0.535. The van der Waals surface area contributed by atoms with Gasteiger partial charge < -0.3 is 0 Å². The van der Waals surface area contributed by atoms with Crippen molar-refractivity contribution in [1.29, 1.82) is 0 Å². The predicted molar refractivity (Wildman–Crippen MR) is 51.1 cm³/mol. The largest absolute Gasteiger partial charge is 0.222 e. The van der Waals surface area contributed by atoms with Gasteiger partial charge in [0.2, 0.25) is 8.14 Å². The van der Waals surface area contributed by atoms with E-state index in [1.807, 2.05) is 0 Å². The van der Waals surface area contributed by atoms with Gasteiger partial charge in [0.05, 0.1) is 0 Å². The maximum Gasteiger partial charge on any atom is 0.222 e. The first-order chi connectivity index (χ1) is 1.41. The summed E-state index contributed by atoms with van der Waals surface area (Å²) in [6.07, 6.45) is 0. The van der Waals surface area contributed by atoms with Crippen LogP contribution in [0.4, 0.5) is 0 Å². The molecule has 0 fully saturated rings. The molecule has 0 aliphatic heterocycles. The van der Waals surface area contributed by atoms with Gasteiger partial charge in [-0.2, -0.15) is 22.2 Å². The lowest BCUT2D eigenvalue weighted by Crippen LogP contribution is -1.36. The molecule has 0 aliphatic carbocycles. The van der Waals surface area contributed by atoms with E-state index in [1.165, 1.54) is 0 Å². The minimum atomic E-state index is -0.639. The molecule has 5 heavy (non-hydrogen) atoms. The Bertz CT molecular complexity index is 7.61. The van der Waals surface area contributed by atoms with Crippen LogP contribution in [-0.2, 0) is 0 Å². The van der Waals surface area contributed by atoms with Gasteiger partial charge in [-0.25, -0.2) is 0 Å². The summed E-state index contributed by atoms with van der Waals surface area (Å²) < 4.78 is 0. The Hall–Kier alpha value is 2.26. The van der Waals surface area contributed by atoms with Gasteiger partial charge >= 0.3 is 0 Å². The van der Waals surface area contributed by atoms with E-state index in [2.05, 4.69) is 0 Å². The van der Waals surface area contributed by atoms with Gasteiger partial charge in [0.25, 0.3) is 0 Å². The van der Waals surface area contributed by atoms with Crippen molar-refractivity contribution in [3.8, 4) is 0 Å². The summed E-state index contributed by atoms with van der Waals surface area (Å²) in [5.74, 6) is 0. The first-order valence-corrected chi connectivity index (χ1v) is 4.81. The van der Waals surface area contributed by atoms with Crippen molar-refractivity contribution in [1.82, 2.24) is 0 Å². The number of rotatable bonds is 0. The zero-order chi connectivity index (χ0) is 2.71. The lowest BCUT2D eigenvalue weighted by Gasteiger charge is -1.39. The quantitative estimate of drug-likeness (QED) is 0.352. The Morgan fingerprint density at radius 3 is 1.00 bits per heavy atom. The second kappa shape index (κ2) is 16.3. The molecule has 0 unspecified atom stereocenters. The lowest BCUT2D eigenvalue weighted by atomic mass is 27.8. The molecule has 0 saturated carbocycles. The fourth-order valence-electron chi connectivity index (χ4n) is 0. The molecular weight excluding hydrogens is 353 g/mol. The minimum absolute atomic E-state index is 0. The number of hydrogen-bond donors (Lipinski definition) is 0. The van der Waals surface area contributed by atoms with Crippen LogP contribution in [-0.4, -0.2) is 8.14 Å². The van der Waals surface area contributed by atoms with E-state index in [0.717, 1.165) is 0 Å². The number of halogens is 4. The molecule has 0 nitrogen and oxygen atoms in total. The highest BCUT2D eigenvalue weighted by Crippen LogP contribution is 1.67. The van der Waals surface area contributed by atoms with Crippen LogP contribution in [0.2, 0.25) is 0 Å². The fraction of sp³-hybridized carbons (Fsp3) is 0. The van der Waals surface area contributed by atoms with Crippen LogP contribution in [0, 0.1) is 0 Å². The Labute approximate surface area is 77.3 Å². The summed E-state index contributed by atoms with van der Waals surface area (Å²) in [6, 6.07) is 0. The van der Waals surface area contributed by atoms with Gasteiger partial charge in [0, 0.05) is 0 Å². The Balaban J connectivity index is -0.0000000200. The summed E-state index contributed by atoms with van der Waals surface area (Å²) in [6.45, 7) is 0. The maximum atomic E-state index is 4.90. The third-order valence-corrected chi connectivity index (χ3v) is 0. The van der Waals surface area contributed by atoms with Crippen molar-refractivity contribution < 1.29 is 0 Å². The zero-order valence-corrected chi connectivity index (χ0v) is 9.87. The molecule has 0 amide bonds. The average Bonchev–Trinajstić information content (AvgIpc) is 0.918. The molecule has 0 bridgehead atoms. The molecule has 5 heteroatoms. The van der Waals surface area contributed by atoms with Crippen LogP contribution in [0.25, 0.3) is 0 Å². The number of hydrogen-bond acceptors (Lipinski definition) is 0. The minimum Gasteiger partial charge on any atom is -0.155 e. The van der Waals surface area contributed by atoms with E-state index in [9.17, 15) is 0 Å². The molecule has 0 aromatic rings. The molecule has 0 heterocycles. The average molecular weight is 357 g/mol. The summed E-state index contributed by atoms with van der Waals surface area (Å²) in [5.41, 5.74) is 0. The Morgan fingerprint density at radius 1 is 1.00 bits per heavy atom. The van der Waals surface area contributed by atoms with Crippen LogP contribution >= 0.6 is 70.1 Å². The monoisotopic (exact) mass is 356 g/mol. The van der Waals surface area contributed by atoms with E-state index in [0.29, 0.717) is 0 Å². The molecular formula is H4Cl2I2Si. The molecule has 0 spiro atoms. The Kier molecular flexibility index (Phi) is 51.1. The third-order valence-electron chi connectivity index (χ3n) is 0. The lowest BCUT2D eigenvalue weighted by molar-refractivity contribution is 4.39. The molecule has 0 aromatic heterocycles. The summed E-state index contributed by atoms with van der Waals surface area (Å²) in [7, 11) is -0.639. The van der Waals surface area contributed by atoms with Gasteiger partial charge in [0.15, 0.2) is 0 Å². The van der Waals surface area contributed by atoms with Gasteiger partial charge in [0.1, 0.15) is 0 Å². The highest BCUT2D eigenvalue weighted by molar-refractivity contribution is 14.0. The molecule has 0 saturated heterocycles. The predicted octanol–water partition coefficient (Wildman–Crippen LogP) is 1.70. The normalized spacial score (nSPS) is 3.60. The molecule has 0 rings (SSSR count). The van der Waals surface area contributed by atoms with Crippen LogP contribution in [0.15, 0.2) is 0 Å². The standard InChI is InChI=1S/Cl2H2Si.2HI/c1-3-2;;/h3H2;2*1H. The van der Waals surface area contributed by atoms with Gasteiger partial charge in [-0.1, -0.05) is 0 Å². The van der Waals surface area contributed by atoms with Crippen LogP contribution in [0.5, 0.6) is 0 Å². The van der Waals surface area contributed by atoms with E-state index < -0.39 is 8.14 Å². The third kappa shape index (κ3) is 22.3. The topological polar surface area (TPSA) is 0 Å². The van der Waals surface area contributed by atoms with Gasteiger partial charge in [-0.15, -0.1) is 48.0 Å². The smallest absolute Gasteiger partial charge is 0.155 e. The van der Waals surface area contributed by atoms with Crippen molar-refractivity contribution in [3.63, 3.8) is 0 Å². The second-order valence-electron chi connectivity index (χ2n) is 0.101. The van der Waals surface area contributed by atoms with Crippen molar-refractivity contribution in [2.75, 3.05) is 0 Å². The SMILES string of the molecule is Cl[SiH2]Cl.I.I. The molecule has 0 aliphatic rings. The van der Waals surface area contributed by atoms with E-state index in [-0.39, 0.29) is 48.0 Å². The van der Waals surface area contributed by atoms with Crippen LogP contribution in [0.1, 0.15) is 0 Å². The summed E-state index contributed by atoms with van der Waals surface area (Å²) >= 11 is 9.81. The Morgan fingerprint density at radius 2 is 1.00 bits per heavy atom. The molecule has 0 N–H and O–H groups in total. The summed E-state index contributed by atoms with van der Waals surface area (Å²) in [4.78, 5) is 0. The molecule has 0 radical (unpaired) electrons. The zero-order valence-electron chi connectivity index (χ0n) is 2.28. The second-order valence-corrected chi connectivity index (χ2v) is 2.73. The van der Waals surface area contributed by atoms with Crippen molar-refractivity contribution in [2.24, 2.45) is 0 Å². The molecule has 36 valence electrons. The maximum absolute atomic E-state index is 4.90. The van der Waals surface area contributed by atoms with Crippen molar-refractivity contribution in [2.45, 2.75) is 0 Å². The van der Waals surface area contributed by atoms with Crippen molar-refractivity contribution in [3.05, 3.63) is 0 Å². The van der Waals surface area contributed by atoms with E-state index in [1.54, 1.807) is 0 Å². The van der Waals surface area contributed by atoms with E-state index in [4.69, 9.17) is 22.2 Å². The fourth-order valence-corrected chi connectivity index (χ4v) is 0. The summed E-state index contributed by atoms with van der Waals surface area (Å²) in [5, 5.41) is 0. The molecule has 0 aromatic carbocycles. The van der Waals surface area contributed by atoms with E-state index >= 15 is 0 Å². The van der Waals surface area contributed by atoms with Gasteiger partial charge in [-0.3, -0.25) is 0 Å². The molecule has 0 atom stereocenters. The van der Waals surface area contributed by atoms with Gasteiger partial charge in [-0.05, 0) is 0 Å². The van der Waals surface area contributed by atoms with Crippen LogP contribution in [0.3, 0.4) is 0 Å².